The second-order valence-electron chi connectivity index (χ2n) is 6.80. The van der Waals surface area contributed by atoms with Gasteiger partial charge in [-0.05, 0) is 53.2 Å². The SMILES string of the molecule is COc1cc2ccccc2cc1C(=O)NN=Cc1ccc(-c2ccc(Cl)c(C(=O)O)c2)o1. The van der Waals surface area contributed by atoms with Crippen LogP contribution in [-0.2, 0) is 0 Å². The van der Waals surface area contributed by atoms with E-state index in [-0.39, 0.29) is 10.6 Å². The summed E-state index contributed by atoms with van der Waals surface area (Å²) in [6, 6.07) is 19.1. The van der Waals surface area contributed by atoms with Crippen molar-refractivity contribution in [2.75, 3.05) is 7.11 Å². The number of carbonyl (C=O) groups is 2. The molecule has 3 aromatic carbocycles. The number of carboxylic acid groups (broad SMARTS) is 1. The number of hydrogen-bond donors (Lipinski definition) is 2. The monoisotopic (exact) mass is 448 g/mol. The first-order valence-electron chi connectivity index (χ1n) is 9.49. The van der Waals surface area contributed by atoms with E-state index in [1.807, 2.05) is 24.3 Å². The molecule has 1 aromatic heterocycles. The number of aromatic carboxylic acids is 1. The van der Waals surface area contributed by atoms with Gasteiger partial charge in [0, 0.05) is 5.56 Å². The number of carboxylic acids is 1. The predicted molar refractivity (Wildman–Crippen MR) is 122 cm³/mol. The van der Waals surface area contributed by atoms with Gasteiger partial charge in [0.05, 0.1) is 29.5 Å². The summed E-state index contributed by atoms with van der Waals surface area (Å²) in [5.74, 6) is -0.309. The van der Waals surface area contributed by atoms with Gasteiger partial charge in [-0.3, -0.25) is 4.79 Å². The molecule has 32 heavy (non-hydrogen) atoms. The van der Waals surface area contributed by atoms with Gasteiger partial charge < -0.3 is 14.3 Å². The van der Waals surface area contributed by atoms with Gasteiger partial charge in [0.25, 0.3) is 5.91 Å². The molecule has 0 spiro atoms. The summed E-state index contributed by atoms with van der Waals surface area (Å²) in [5.41, 5.74) is 3.35. The van der Waals surface area contributed by atoms with Crippen LogP contribution in [0.4, 0.5) is 0 Å². The second-order valence-corrected chi connectivity index (χ2v) is 7.21. The maximum Gasteiger partial charge on any atom is 0.337 e. The molecule has 0 aliphatic carbocycles. The Bertz CT molecular complexity index is 1360. The maximum atomic E-state index is 12.6. The van der Waals surface area contributed by atoms with Crippen LogP contribution in [0.25, 0.3) is 22.1 Å². The topological polar surface area (TPSA) is 101 Å². The summed E-state index contributed by atoms with van der Waals surface area (Å²) >= 11 is 5.90. The molecule has 1 heterocycles. The van der Waals surface area contributed by atoms with Gasteiger partial charge in [-0.2, -0.15) is 5.10 Å². The molecule has 160 valence electrons. The first-order valence-corrected chi connectivity index (χ1v) is 9.87. The van der Waals surface area contributed by atoms with Gasteiger partial charge in [0.1, 0.15) is 17.3 Å². The molecule has 0 bridgehead atoms. The predicted octanol–water partition coefficient (Wildman–Crippen LogP) is 5.22. The molecule has 0 aliphatic rings. The molecular formula is C24H17ClN2O5. The molecule has 8 heteroatoms. The molecular weight excluding hydrogens is 432 g/mol. The summed E-state index contributed by atoms with van der Waals surface area (Å²) in [4.78, 5) is 23.9. The summed E-state index contributed by atoms with van der Waals surface area (Å²) in [7, 11) is 1.50. The number of ether oxygens (including phenoxy) is 1. The van der Waals surface area contributed by atoms with E-state index < -0.39 is 11.9 Å². The number of nitrogens with zero attached hydrogens (tertiary/aromatic N) is 1. The smallest absolute Gasteiger partial charge is 0.337 e. The van der Waals surface area contributed by atoms with Crippen LogP contribution < -0.4 is 10.2 Å². The third-order valence-electron chi connectivity index (χ3n) is 4.78. The minimum atomic E-state index is -1.13. The van der Waals surface area contributed by atoms with Gasteiger partial charge in [0.2, 0.25) is 0 Å². The van der Waals surface area contributed by atoms with Crippen LogP contribution in [0.3, 0.4) is 0 Å². The number of furan rings is 1. The summed E-state index contributed by atoms with van der Waals surface area (Å²) in [6.45, 7) is 0. The van der Waals surface area contributed by atoms with Gasteiger partial charge >= 0.3 is 5.97 Å². The van der Waals surface area contributed by atoms with Gasteiger partial charge in [-0.25, -0.2) is 10.2 Å². The number of rotatable bonds is 6. The minimum Gasteiger partial charge on any atom is -0.496 e. The molecule has 0 aliphatic heterocycles. The molecule has 0 unspecified atom stereocenters. The molecule has 0 radical (unpaired) electrons. The standard InChI is InChI=1S/C24H17ClN2O5/c1-31-22-12-15-5-3-2-4-14(15)10-19(22)23(28)27-26-13-17-7-9-21(32-17)16-6-8-20(25)18(11-16)24(29)30/h2-13H,1H3,(H,27,28)(H,29,30). The third-order valence-corrected chi connectivity index (χ3v) is 5.11. The highest BCUT2D eigenvalue weighted by molar-refractivity contribution is 6.33. The molecule has 0 fully saturated rings. The molecule has 1 amide bonds. The Morgan fingerprint density at radius 2 is 1.78 bits per heavy atom. The number of halogens is 1. The number of carbonyl (C=O) groups excluding carboxylic acids is 1. The first-order chi connectivity index (χ1) is 15.5. The largest absolute Gasteiger partial charge is 0.496 e. The molecule has 0 saturated heterocycles. The highest BCUT2D eigenvalue weighted by Crippen LogP contribution is 2.27. The molecule has 0 atom stereocenters. The highest BCUT2D eigenvalue weighted by atomic mass is 35.5. The fraction of sp³-hybridized carbons (Fsp3) is 0.0417. The van der Waals surface area contributed by atoms with Crippen molar-refractivity contribution < 1.29 is 23.8 Å². The van der Waals surface area contributed by atoms with Crippen molar-refractivity contribution >= 4 is 40.5 Å². The van der Waals surface area contributed by atoms with Crippen LogP contribution in [0.5, 0.6) is 5.75 Å². The van der Waals surface area contributed by atoms with E-state index in [1.165, 1.54) is 25.5 Å². The van der Waals surface area contributed by atoms with E-state index in [2.05, 4.69) is 10.5 Å². The number of hydrazone groups is 1. The Hall–Kier alpha value is -4.10. The lowest BCUT2D eigenvalue weighted by molar-refractivity contribution is 0.0697. The Kier molecular flexibility index (Phi) is 5.91. The van der Waals surface area contributed by atoms with Crippen LogP contribution in [0.1, 0.15) is 26.5 Å². The quantitative estimate of drug-likeness (QED) is 0.311. The van der Waals surface area contributed by atoms with Crippen LogP contribution in [0.2, 0.25) is 5.02 Å². The van der Waals surface area contributed by atoms with E-state index in [4.69, 9.17) is 20.8 Å². The molecule has 0 saturated carbocycles. The lowest BCUT2D eigenvalue weighted by atomic mass is 10.1. The average Bonchev–Trinajstić information content (AvgIpc) is 3.27. The van der Waals surface area contributed by atoms with Gasteiger partial charge in [-0.15, -0.1) is 0 Å². The Morgan fingerprint density at radius 3 is 2.50 bits per heavy atom. The normalized spacial score (nSPS) is 11.1. The Balaban J connectivity index is 1.50. The van der Waals surface area contributed by atoms with E-state index in [0.717, 1.165) is 10.8 Å². The lowest BCUT2D eigenvalue weighted by Crippen LogP contribution is -2.18. The van der Waals surface area contributed by atoms with Crippen molar-refractivity contribution in [3.8, 4) is 17.1 Å². The van der Waals surface area contributed by atoms with E-state index in [0.29, 0.717) is 28.4 Å². The van der Waals surface area contributed by atoms with Crippen molar-refractivity contribution in [1.82, 2.24) is 5.43 Å². The molecule has 7 nitrogen and oxygen atoms in total. The average molecular weight is 449 g/mol. The van der Waals surface area contributed by atoms with E-state index in [1.54, 1.807) is 30.3 Å². The zero-order chi connectivity index (χ0) is 22.7. The van der Waals surface area contributed by atoms with Crippen LogP contribution in [0.15, 0.2) is 76.2 Å². The zero-order valence-corrected chi connectivity index (χ0v) is 17.6. The van der Waals surface area contributed by atoms with Crippen molar-refractivity contribution in [2.24, 2.45) is 5.10 Å². The zero-order valence-electron chi connectivity index (χ0n) is 16.8. The number of nitrogens with one attached hydrogen (secondary N) is 1. The highest BCUT2D eigenvalue weighted by Gasteiger charge is 2.14. The molecule has 4 rings (SSSR count). The van der Waals surface area contributed by atoms with Crippen LogP contribution in [-0.4, -0.2) is 30.3 Å². The van der Waals surface area contributed by atoms with Crippen LogP contribution in [0, 0.1) is 0 Å². The fourth-order valence-corrected chi connectivity index (χ4v) is 3.40. The molecule has 4 aromatic rings. The van der Waals surface area contributed by atoms with Crippen molar-refractivity contribution in [3.05, 3.63) is 88.6 Å². The Morgan fingerprint density at radius 1 is 1.03 bits per heavy atom. The van der Waals surface area contributed by atoms with E-state index in [9.17, 15) is 14.7 Å². The van der Waals surface area contributed by atoms with Gasteiger partial charge in [0.15, 0.2) is 0 Å². The number of benzene rings is 3. The van der Waals surface area contributed by atoms with Gasteiger partial charge in [-0.1, -0.05) is 35.9 Å². The maximum absolute atomic E-state index is 12.6. The fourth-order valence-electron chi connectivity index (χ4n) is 3.20. The van der Waals surface area contributed by atoms with E-state index >= 15 is 0 Å². The first kappa shape index (κ1) is 21.1. The summed E-state index contributed by atoms with van der Waals surface area (Å²) in [5, 5.41) is 15.2. The molecule has 2 N–H and O–H groups in total. The third kappa shape index (κ3) is 4.33. The second kappa shape index (κ2) is 8.95. The summed E-state index contributed by atoms with van der Waals surface area (Å²) in [6.07, 6.45) is 1.35. The number of fused-ring (bicyclic) bond motifs is 1. The lowest BCUT2D eigenvalue weighted by Gasteiger charge is -2.09. The van der Waals surface area contributed by atoms with Crippen LogP contribution >= 0.6 is 11.6 Å². The Labute approximate surface area is 187 Å². The van der Waals surface area contributed by atoms with Crippen molar-refractivity contribution in [2.45, 2.75) is 0 Å². The minimum absolute atomic E-state index is 0.0209. The number of hydrogen-bond acceptors (Lipinski definition) is 5. The van der Waals surface area contributed by atoms with Crippen molar-refractivity contribution in [3.63, 3.8) is 0 Å². The number of amides is 1. The van der Waals surface area contributed by atoms with Crippen molar-refractivity contribution in [1.29, 1.82) is 0 Å². The number of methoxy groups -OCH3 is 1. The summed E-state index contributed by atoms with van der Waals surface area (Å²) < 4.78 is 11.0.